The van der Waals surface area contributed by atoms with Crippen LogP contribution in [0, 0.1) is 11.8 Å². The van der Waals surface area contributed by atoms with E-state index in [2.05, 4.69) is 34.4 Å². The molecule has 2 aliphatic rings. The van der Waals surface area contributed by atoms with Crippen molar-refractivity contribution in [3.8, 4) is 0 Å². The lowest BCUT2D eigenvalue weighted by Crippen LogP contribution is -2.40. The molecule has 1 aromatic rings. The highest BCUT2D eigenvalue weighted by Crippen LogP contribution is 2.32. The first kappa shape index (κ1) is 21.1. The van der Waals surface area contributed by atoms with Gasteiger partial charge in [0, 0.05) is 25.2 Å². The second kappa shape index (κ2) is 8.80. The summed E-state index contributed by atoms with van der Waals surface area (Å²) in [6.07, 6.45) is 2.03. The third-order valence-electron chi connectivity index (χ3n) is 5.36. The number of anilines is 2. The number of hydrogen-bond donors (Lipinski definition) is 2. The third kappa shape index (κ3) is 5.68. The molecule has 0 amide bonds. The van der Waals surface area contributed by atoms with E-state index in [9.17, 15) is 13.2 Å². The van der Waals surface area contributed by atoms with E-state index >= 15 is 0 Å². The fourth-order valence-electron chi connectivity index (χ4n) is 4.22. The highest BCUT2D eigenvalue weighted by atomic mass is 32.1. The molecular formula is C19H28F3N5S. The molecule has 1 aliphatic heterocycles. The van der Waals surface area contributed by atoms with E-state index in [-0.39, 0.29) is 17.1 Å². The van der Waals surface area contributed by atoms with Crippen LogP contribution in [0.3, 0.4) is 0 Å². The second-order valence-corrected chi connectivity index (χ2v) is 8.63. The summed E-state index contributed by atoms with van der Waals surface area (Å²) < 4.78 is 40.2. The van der Waals surface area contributed by atoms with E-state index in [4.69, 9.17) is 12.2 Å². The molecule has 0 aromatic carbocycles. The Kier molecular flexibility index (Phi) is 6.62. The van der Waals surface area contributed by atoms with E-state index in [1.165, 1.54) is 6.42 Å². The fourth-order valence-corrected chi connectivity index (χ4v) is 4.48. The van der Waals surface area contributed by atoms with Gasteiger partial charge in [0.15, 0.2) is 10.8 Å². The number of nitrogens with zero attached hydrogens (tertiary/aromatic N) is 3. The Balaban J connectivity index is 1.78. The lowest BCUT2D eigenvalue weighted by Gasteiger charge is -2.36. The minimum atomic E-state index is -4.54. The summed E-state index contributed by atoms with van der Waals surface area (Å²) in [7, 11) is 0. The fraction of sp³-hybridized carbons (Fsp3) is 0.737. The van der Waals surface area contributed by atoms with Crippen molar-refractivity contribution in [3.05, 3.63) is 11.8 Å². The number of nitrogens with one attached hydrogen (secondary N) is 2. The van der Waals surface area contributed by atoms with Gasteiger partial charge in [0.05, 0.1) is 0 Å². The number of rotatable bonds is 3. The smallest absolute Gasteiger partial charge is 0.360 e. The van der Waals surface area contributed by atoms with Crippen molar-refractivity contribution in [2.24, 2.45) is 11.8 Å². The first-order valence-corrected chi connectivity index (χ1v) is 10.4. The Hall–Kier alpha value is -1.64. The molecule has 1 aromatic heterocycles. The molecule has 1 saturated heterocycles. The lowest BCUT2D eigenvalue weighted by atomic mass is 9.92. The summed E-state index contributed by atoms with van der Waals surface area (Å²) in [5.74, 6) is 0.990. The number of aromatic nitrogens is 2. The average Bonchev–Trinajstić information content (AvgIpc) is 2.60. The average molecular weight is 416 g/mol. The van der Waals surface area contributed by atoms with Crippen molar-refractivity contribution in [3.63, 3.8) is 0 Å². The van der Waals surface area contributed by atoms with E-state index < -0.39 is 11.9 Å². The van der Waals surface area contributed by atoms with Gasteiger partial charge >= 0.3 is 6.18 Å². The van der Waals surface area contributed by atoms with Crippen LogP contribution in [0.4, 0.5) is 24.9 Å². The molecule has 0 radical (unpaired) electrons. The van der Waals surface area contributed by atoms with Crippen molar-refractivity contribution in [2.45, 2.75) is 64.6 Å². The van der Waals surface area contributed by atoms with E-state index in [0.29, 0.717) is 30.7 Å². The monoisotopic (exact) mass is 415 g/mol. The van der Waals surface area contributed by atoms with E-state index in [1.54, 1.807) is 0 Å². The number of hydrogen-bond acceptors (Lipinski definition) is 4. The minimum Gasteiger partial charge on any atom is -0.360 e. The normalized spacial score (nSPS) is 24.1. The molecule has 2 unspecified atom stereocenters. The largest absolute Gasteiger partial charge is 0.433 e. The van der Waals surface area contributed by atoms with E-state index in [0.717, 1.165) is 38.2 Å². The molecule has 0 spiro atoms. The van der Waals surface area contributed by atoms with Gasteiger partial charge in [-0.15, -0.1) is 0 Å². The molecule has 2 heterocycles. The summed E-state index contributed by atoms with van der Waals surface area (Å²) in [5, 5.41) is 6.23. The number of halogens is 3. The van der Waals surface area contributed by atoms with Gasteiger partial charge in [-0.05, 0) is 43.3 Å². The Morgan fingerprint density at radius 1 is 1.11 bits per heavy atom. The van der Waals surface area contributed by atoms with Crippen LogP contribution in [0.25, 0.3) is 0 Å². The molecule has 0 bridgehead atoms. The zero-order valence-electron chi connectivity index (χ0n) is 16.4. The van der Waals surface area contributed by atoms with Gasteiger partial charge in [-0.1, -0.05) is 33.1 Å². The maximum Gasteiger partial charge on any atom is 0.433 e. The van der Waals surface area contributed by atoms with Crippen LogP contribution in [0.1, 0.15) is 58.1 Å². The number of piperidine rings is 1. The van der Waals surface area contributed by atoms with Gasteiger partial charge in [-0.25, -0.2) is 4.98 Å². The Morgan fingerprint density at radius 3 is 2.36 bits per heavy atom. The molecule has 156 valence electrons. The summed E-state index contributed by atoms with van der Waals surface area (Å²) in [6, 6.07) is 1.29. The van der Waals surface area contributed by atoms with Gasteiger partial charge in [-0.2, -0.15) is 18.2 Å². The van der Waals surface area contributed by atoms with Crippen LogP contribution in [0.2, 0.25) is 0 Å². The predicted octanol–water partition coefficient (Wildman–Crippen LogP) is 4.60. The Morgan fingerprint density at radius 2 is 1.75 bits per heavy atom. The molecule has 2 N–H and O–H groups in total. The maximum atomic E-state index is 13.4. The summed E-state index contributed by atoms with van der Waals surface area (Å²) in [4.78, 5) is 9.93. The summed E-state index contributed by atoms with van der Waals surface area (Å²) in [5.41, 5.74) is -0.952. The van der Waals surface area contributed by atoms with Crippen LogP contribution in [-0.4, -0.2) is 34.2 Å². The van der Waals surface area contributed by atoms with Gasteiger partial charge in [0.2, 0.25) is 5.95 Å². The molecule has 3 rings (SSSR count). The summed E-state index contributed by atoms with van der Waals surface area (Å²) >= 11 is 5.29. The van der Waals surface area contributed by atoms with Crippen molar-refractivity contribution in [1.82, 2.24) is 15.3 Å². The van der Waals surface area contributed by atoms with Crippen molar-refractivity contribution in [2.75, 3.05) is 23.3 Å². The predicted molar refractivity (Wildman–Crippen MR) is 108 cm³/mol. The van der Waals surface area contributed by atoms with Crippen molar-refractivity contribution in [1.29, 1.82) is 0 Å². The van der Waals surface area contributed by atoms with Crippen LogP contribution >= 0.6 is 12.2 Å². The van der Waals surface area contributed by atoms with Crippen LogP contribution in [0.5, 0.6) is 0 Å². The van der Waals surface area contributed by atoms with Crippen molar-refractivity contribution >= 4 is 29.1 Å². The van der Waals surface area contributed by atoms with E-state index in [1.807, 2.05) is 4.90 Å². The first-order chi connectivity index (χ1) is 13.2. The maximum absolute atomic E-state index is 13.4. The standard InChI is InChI=1S/C19H28F3N5S/c1-12-8-13(2)11-27(10-12)16-9-15(19(20,21)22)24-17(25-16)26-18(28)23-14-6-4-3-5-7-14/h9,12-14H,3-8,10-11H2,1-2H3,(H2,23,24,25,26,28). The van der Waals surface area contributed by atoms with Crippen LogP contribution in [0.15, 0.2) is 6.07 Å². The molecular weight excluding hydrogens is 387 g/mol. The highest BCUT2D eigenvalue weighted by Gasteiger charge is 2.35. The number of thiocarbonyl (C=S) groups is 1. The van der Waals surface area contributed by atoms with Gasteiger partial charge in [0.25, 0.3) is 0 Å². The first-order valence-electron chi connectivity index (χ1n) is 9.99. The Labute approximate surface area is 169 Å². The topological polar surface area (TPSA) is 53.1 Å². The molecule has 2 fully saturated rings. The second-order valence-electron chi connectivity index (χ2n) is 8.22. The van der Waals surface area contributed by atoms with Gasteiger partial charge < -0.3 is 15.5 Å². The SMILES string of the molecule is CC1CC(C)CN(c2cc(C(F)(F)F)nc(NC(=S)NC3CCCCC3)n2)C1. The minimum absolute atomic E-state index is 0.107. The zero-order valence-corrected chi connectivity index (χ0v) is 17.2. The molecule has 2 atom stereocenters. The van der Waals surface area contributed by atoms with Crippen molar-refractivity contribution < 1.29 is 13.2 Å². The molecule has 9 heteroatoms. The number of alkyl halides is 3. The zero-order chi connectivity index (χ0) is 20.3. The quantitative estimate of drug-likeness (QED) is 0.704. The summed E-state index contributed by atoms with van der Waals surface area (Å²) in [6.45, 7) is 5.58. The molecule has 1 aliphatic carbocycles. The van der Waals surface area contributed by atoms with Gasteiger partial charge in [0.1, 0.15) is 5.82 Å². The molecule has 5 nitrogen and oxygen atoms in total. The van der Waals surface area contributed by atoms with Crippen LogP contribution < -0.4 is 15.5 Å². The molecule has 28 heavy (non-hydrogen) atoms. The highest BCUT2D eigenvalue weighted by molar-refractivity contribution is 7.80. The molecule has 1 saturated carbocycles. The van der Waals surface area contributed by atoms with Crippen LogP contribution in [-0.2, 0) is 6.18 Å². The lowest BCUT2D eigenvalue weighted by molar-refractivity contribution is -0.141. The Bertz CT molecular complexity index is 681. The van der Waals surface area contributed by atoms with Gasteiger partial charge in [-0.3, -0.25) is 0 Å². The third-order valence-corrected chi connectivity index (χ3v) is 5.58.